The highest BCUT2D eigenvalue weighted by molar-refractivity contribution is 7.46. The molecule has 0 aromatic rings. The summed E-state index contributed by atoms with van der Waals surface area (Å²) in [5.41, 5.74) is 3.75. The number of ether oxygens (including phenoxy) is 2. The average molecular weight is 670 g/mol. The summed E-state index contributed by atoms with van der Waals surface area (Å²) in [6.07, 6.45) is 17.4. The SMILES string of the molecule is CC[C@H]1C=CC(=O)O[C@H]1/C=C/[C@@](O)(CCN)[C@@H](C[C@@H](O)/C=C\C=C/[C@@H]1CCC[C@H](OC(=O)CCCCCC(C)C)C1)OP(=O)(O)O. The molecular weight excluding hydrogens is 613 g/mol. The second kappa shape index (κ2) is 20.3. The molecule has 1 aliphatic carbocycles. The van der Waals surface area contributed by atoms with Crippen LogP contribution in [0.1, 0.15) is 97.8 Å². The molecule has 262 valence electrons. The minimum atomic E-state index is -5.08. The highest BCUT2D eigenvalue weighted by Gasteiger charge is 2.40. The van der Waals surface area contributed by atoms with Gasteiger partial charge in [0.15, 0.2) is 0 Å². The van der Waals surface area contributed by atoms with Crippen molar-refractivity contribution in [2.24, 2.45) is 23.5 Å². The zero-order valence-electron chi connectivity index (χ0n) is 27.6. The topological polar surface area (TPSA) is 186 Å². The summed E-state index contributed by atoms with van der Waals surface area (Å²) in [4.78, 5) is 43.3. The third kappa shape index (κ3) is 15.7. The second-order valence-corrected chi connectivity index (χ2v) is 14.1. The zero-order chi connectivity index (χ0) is 34.2. The quantitative estimate of drug-likeness (QED) is 0.0378. The molecule has 11 nitrogen and oxygen atoms in total. The number of rotatable bonds is 20. The molecule has 12 heteroatoms. The number of nitrogens with two attached hydrogens (primary N) is 1. The zero-order valence-corrected chi connectivity index (χ0v) is 28.5. The van der Waals surface area contributed by atoms with Crippen molar-refractivity contribution in [3.05, 3.63) is 48.6 Å². The number of phosphoric ester groups is 1. The predicted molar refractivity (Wildman–Crippen MR) is 176 cm³/mol. The van der Waals surface area contributed by atoms with Crippen molar-refractivity contribution in [2.45, 2.75) is 128 Å². The van der Waals surface area contributed by atoms with Crippen molar-refractivity contribution in [2.75, 3.05) is 6.54 Å². The molecule has 46 heavy (non-hydrogen) atoms. The minimum Gasteiger partial charge on any atom is -0.462 e. The molecule has 1 heterocycles. The first-order valence-electron chi connectivity index (χ1n) is 16.7. The number of hydrogen-bond acceptors (Lipinski definition) is 9. The highest BCUT2D eigenvalue weighted by Crippen LogP contribution is 2.42. The van der Waals surface area contributed by atoms with E-state index < -0.39 is 37.7 Å². The van der Waals surface area contributed by atoms with E-state index in [2.05, 4.69) is 13.8 Å². The Kier molecular flexibility index (Phi) is 17.7. The maximum Gasteiger partial charge on any atom is 0.469 e. The van der Waals surface area contributed by atoms with Crippen LogP contribution in [0.4, 0.5) is 0 Å². The molecule has 1 fully saturated rings. The van der Waals surface area contributed by atoms with Crippen LogP contribution in [0.2, 0.25) is 0 Å². The molecule has 0 saturated heterocycles. The fraction of sp³-hybridized carbons (Fsp3) is 0.706. The van der Waals surface area contributed by atoms with Gasteiger partial charge in [0.25, 0.3) is 0 Å². The Morgan fingerprint density at radius 3 is 2.63 bits per heavy atom. The Bertz CT molecular complexity index is 1100. The summed E-state index contributed by atoms with van der Waals surface area (Å²) in [5.74, 6) is 0.0638. The van der Waals surface area contributed by atoms with Gasteiger partial charge in [0.1, 0.15) is 23.9 Å². The first-order chi connectivity index (χ1) is 21.7. The van der Waals surface area contributed by atoms with Gasteiger partial charge in [-0.1, -0.05) is 76.5 Å². The van der Waals surface area contributed by atoms with E-state index in [9.17, 15) is 34.2 Å². The summed E-state index contributed by atoms with van der Waals surface area (Å²) < 4.78 is 27.9. The van der Waals surface area contributed by atoms with E-state index in [4.69, 9.17) is 19.7 Å². The van der Waals surface area contributed by atoms with Crippen LogP contribution in [0.3, 0.4) is 0 Å². The highest BCUT2D eigenvalue weighted by atomic mass is 31.2. The van der Waals surface area contributed by atoms with Crippen molar-refractivity contribution in [1.82, 2.24) is 0 Å². The van der Waals surface area contributed by atoms with Gasteiger partial charge in [-0.25, -0.2) is 9.36 Å². The van der Waals surface area contributed by atoms with Gasteiger partial charge in [-0.2, -0.15) is 0 Å². The average Bonchev–Trinajstić information content (AvgIpc) is 2.97. The lowest BCUT2D eigenvalue weighted by Gasteiger charge is -2.35. The predicted octanol–water partition coefficient (Wildman–Crippen LogP) is 5.18. The lowest BCUT2D eigenvalue weighted by Crippen LogP contribution is -2.45. The third-order valence-corrected chi connectivity index (χ3v) is 9.01. The molecule has 0 spiro atoms. The molecule has 0 radical (unpaired) electrons. The summed E-state index contributed by atoms with van der Waals surface area (Å²) in [5, 5.41) is 22.2. The summed E-state index contributed by atoms with van der Waals surface area (Å²) in [7, 11) is -5.08. The van der Waals surface area contributed by atoms with Gasteiger partial charge >= 0.3 is 19.8 Å². The molecular formula is C34H56NO10P. The van der Waals surface area contributed by atoms with Crippen molar-refractivity contribution < 1.29 is 48.2 Å². The van der Waals surface area contributed by atoms with Gasteiger partial charge in [-0.05, 0) is 69.4 Å². The van der Waals surface area contributed by atoms with Crippen LogP contribution in [0.25, 0.3) is 0 Å². The van der Waals surface area contributed by atoms with Crippen molar-refractivity contribution in [3.8, 4) is 0 Å². The molecule has 6 N–H and O–H groups in total. The Labute approximate surface area is 274 Å². The molecule has 0 bridgehead atoms. The van der Waals surface area contributed by atoms with E-state index in [0.717, 1.165) is 44.9 Å². The van der Waals surface area contributed by atoms with Crippen LogP contribution in [-0.4, -0.2) is 68.5 Å². The standard InChI is InChI=1S/C34H56NO10P/c1-4-27-17-18-33(38)44-30(27)19-20-34(39,21-22-35)31(45-46(40,41)42)24-28(36)14-9-8-12-26-13-10-15-29(23-26)43-32(37)16-7-5-6-11-25(2)3/h8-9,12,14,17-20,25-31,36,39H,4-7,10-11,13,15-16,21-24,35H2,1-3H3,(H2,40,41,42)/b12-8-,14-9-,20-19+/t26-,27+,28+,29+,30+,31-,34-/m1/s1. The van der Waals surface area contributed by atoms with Crippen LogP contribution in [-0.2, 0) is 28.2 Å². The van der Waals surface area contributed by atoms with Gasteiger partial charge in [0.2, 0.25) is 0 Å². The van der Waals surface area contributed by atoms with Crippen LogP contribution >= 0.6 is 7.82 Å². The fourth-order valence-electron chi connectivity index (χ4n) is 5.89. The maximum absolute atomic E-state index is 12.3. The van der Waals surface area contributed by atoms with E-state index in [1.807, 2.05) is 13.0 Å². The number of cyclic esters (lactones) is 1. The number of carbonyl (C=O) groups excluding carboxylic acids is 2. The smallest absolute Gasteiger partial charge is 0.462 e. The number of hydrogen-bond donors (Lipinski definition) is 5. The lowest BCUT2D eigenvalue weighted by atomic mass is 9.86. The van der Waals surface area contributed by atoms with Gasteiger partial charge < -0.3 is 35.2 Å². The minimum absolute atomic E-state index is 0.0475. The summed E-state index contributed by atoms with van der Waals surface area (Å²) >= 11 is 0. The number of allylic oxidation sites excluding steroid dienone is 3. The lowest BCUT2D eigenvalue weighted by molar-refractivity contribution is -0.151. The molecule has 2 rings (SSSR count). The number of phosphoric acid groups is 1. The van der Waals surface area contributed by atoms with E-state index >= 15 is 0 Å². The third-order valence-electron chi connectivity index (χ3n) is 8.48. The van der Waals surface area contributed by atoms with E-state index in [-0.39, 0.29) is 43.3 Å². The van der Waals surface area contributed by atoms with Crippen molar-refractivity contribution in [3.63, 3.8) is 0 Å². The molecule has 0 aromatic heterocycles. The maximum atomic E-state index is 12.3. The number of aliphatic hydroxyl groups is 2. The Morgan fingerprint density at radius 1 is 1.20 bits per heavy atom. The van der Waals surface area contributed by atoms with Gasteiger partial charge in [0.05, 0.1) is 6.10 Å². The Hall–Kier alpha value is -2.11. The molecule has 2 aliphatic rings. The molecule has 7 atom stereocenters. The van der Waals surface area contributed by atoms with Gasteiger partial charge in [-0.15, -0.1) is 0 Å². The van der Waals surface area contributed by atoms with Crippen LogP contribution in [0.5, 0.6) is 0 Å². The van der Waals surface area contributed by atoms with E-state index in [1.165, 1.54) is 30.7 Å². The Balaban J connectivity index is 1.98. The van der Waals surface area contributed by atoms with Crippen LogP contribution in [0, 0.1) is 17.8 Å². The van der Waals surface area contributed by atoms with E-state index in [0.29, 0.717) is 18.8 Å². The number of aliphatic hydroxyl groups excluding tert-OH is 1. The first kappa shape index (κ1) is 40.1. The van der Waals surface area contributed by atoms with Gasteiger partial charge in [-0.3, -0.25) is 9.32 Å². The molecule has 1 aliphatic heterocycles. The van der Waals surface area contributed by atoms with Crippen molar-refractivity contribution >= 4 is 19.8 Å². The van der Waals surface area contributed by atoms with E-state index in [1.54, 1.807) is 18.2 Å². The summed E-state index contributed by atoms with van der Waals surface area (Å²) in [6, 6.07) is 0. The second-order valence-electron chi connectivity index (χ2n) is 12.9. The number of carbonyl (C=O) groups is 2. The van der Waals surface area contributed by atoms with Crippen LogP contribution in [0.15, 0.2) is 48.6 Å². The monoisotopic (exact) mass is 669 g/mol. The molecule has 0 amide bonds. The molecule has 0 aromatic carbocycles. The molecule has 1 saturated carbocycles. The normalized spacial score (nSPS) is 25.3. The number of unbranched alkanes of at least 4 members (excludes halogenated alkanes) is 2. The Morgan fingerprint density at radius 2 is 1.96 bits per heavy atom. The molecule has 0 unspecified atom stereocenters. The van der Waals surface area contributed by atoms with Crippen molar-refractivity contribution in [1.29, 1.82) is 0 Å². The fourth-order valence-corrected chi connectivity index (χ4v) is 6.49. The largest absolute Gasteiger partial charge is 0.469 e. The van der Waals surface area contributed by atoms with Crippen LogP contribution < -0.4 is 5.73 Å². The summed E-state index contributed by atoms with van der Waals surface area (Å²) in [6.45, 7) is 6.26. The number of esters is 2. The van der Waals surface area contributed by atoms with Gasteiger partial charge in [0, 0.05) is 24.8 Å². The first-order valence-corrected chi connectivity index (χ1v) is 18.2.